The van der Waals surface area contributed by atoms with Crippen LogP contribution in [-0.2, 0) is 6.42 Å². The molecule has 0 fully saturated rings. The largest absolute Gasteiger partial charge is 0.0619 e. The van der Waals surface area contributed by atoms with E-state index in [-0.39, 0.29) is 0 Å². The van der Waals surface area contributed by atoms with Crippen molar-refractivity contribution < 1.29 is 0 Å². The Labute approximate surface area is 771 Å². The molecule has 0 unspecified atom stereocenters. The minimum atomic E-state index is 1.10. The van der Waals surface area contributed by atoms with Crippen LogP contribution < -0.4 is 0 Å². The smallest absolute Gasteiger partial charge is 0.00135 e. The van der Waals surface area contributed by atoms with Gasteiger partial charge in [-0.1, -0.05) is 491 Å². The van der Waals surface area contributed by atoms with Crippen LogP contribution in [0, 0.1) is 0 Å². The molecule has 0 heteroatoms. The van der Waals surface area contributed by atoms with Crippen LogP contribution in [0.5, 0.6) is 0 Å². The first-order valence-corrected chi connectivity index (χ1v) is 46.2. The van der Waals surface area contributed by atoms with Crippen LogP contribution in [0.25, 0.3) is 238 Å². The Morgan fingerprint density at radius 2 is 0.293 bits per heavy atom. The fraction of sp³-hybridized carbons (Fsp3) is 0.00752. The van der Waals surface area contributed by atoms with Gasteiger partial charge >= 0.3 is 0 Å². The third kappa shape index (κ3) is 14.8. The average Bonchev–Trinajstić information content (AvgIpc) is 1.63. The fourth-order valence-electron chi connectivity index (χ4n) is 21.1. The first-order valence-electron chi connectivity index (χ1n) is 46.2. The summed E-state index contributed by atoms with van der Waals surface area (Å²) < 4.78 is 0. The van der Waals surface area contributed by atoms with Gasteiger partial charge < -0.3 is 0 Å². The molecule has 620 valence electrons. The van der Waals surface area contributed by atoms with Crippen LogP contribution >= 0.6 is 0 Å². The maximum Gasteiger partial charge on any atom is -0.00135 e. The molecule has 2 aliphatic carbocycles. The topological polar surface area (TPSA) is 0 Å². The summed E-state index contributed by atoms with van der Waals surface area (Å²) in [5.41, 5.74) is 11.2. The summed E-state index contributed by atoms with van der Waals surface area (Å²) in [6.07, 6.45) is 1.10. The molecule has 2 aliphatic rings. The molecule has 0 amide bonds. The summed E-state index contributed by atoms with van der Waals surface area (Å²) >= 11 is 0. The Bertz CT molecular complexity index is 8930. The lowest BCUT2D eigenvalue weighted by Gasteiger charge is -2.12. The van der Waals surface area contributed by atoms with Gasteiger partial charge in [-0.05, 0) is 286 Å². The summed E-state index contributed by atoms with van der Waals surface area (Å²) in [6.45, 7) is 0. The standard InChI is InChI=1S/C22H14.C20H12.C18H12.2C16H10.2C14H10.C13H10/c1-3-7-19-15(5-1)9-11-17-14-22-18(13-21(17)19)12-10-16-6-2-4-8-20(16)22;1-2-7-17-15(4-1)12-16-9-8-13-5-3-6-14-10-11-18(17)20(16)19(13)14;1-3-7-15-13(5-1)9-11-18-16-8-4-2-6-14(16)10-12-17(15)18;1-3-11-7-9-13-5-2-6-14-10-8-12(4-1)15(11)16(13)14;1-2-8-13-12(7-1)14-9-3-5-11-6-4-10-15(13)16(11)14;1-3-7-13-11(5-1)9-10-12-6-2-4-8-14(12)13;1-2-6-12-10-14-8-4-3-7-13(14)9-11(12)5-1;1-3-7-12-10(5-1)9-11-6-2-4-8-13(11)12/h1-14H;1-12H;1-12H;2*1-10H;2*1-10H;1-8H,9H2. The monoisotopic (exact) mass is 1680 g/mol. The molecule has 0 aliphatic heterocycles. The molecular weight excluding hydrogens is 1600 g/mol. The number of rotatable bonds is 0. The van der Waals surface area contributed by atoms with Gasteiger partial charge in [0.2, 0.25) is 0 Å². The third-order valence-electron chi connectivity index (χ3n) is 27.4. The first-order chi connectivity index (χ1) is 66.0. The maximum absolute atomic E-state index is 2.33. The molecule has 29 aromatic rings. The lowest BCUT2D eigenvalue weighted by Crippen LogP contribution is -1.85. The van der Waals surface area contributed by atoms with Gasteiger partial charge in [0.15, 0.2) is 0 Å². The van der Waals surface area contributed by atoms with Crippen LogP contribution in [0.3, 0.4) is 0 Å². The normalized spacial score (nSPS) is 11.6. The molecule has 0 heterocycles. The Morgan fingerprint density at radius 3 is 0.662 bits per heavy atom. The fourth-order valence-corrected chi connectivity index (χ4v) is 21.1. The number of fused-ring (bicyclic) bond motifs is 24. The van der Waals surface area contributed by atoms with E-state index in [1.54, 1.807) is 0 Å². The van der Waals surface area contributed by atoms with Gasteiger partial charge in [-0.2, -0.15) is 0 Å². The van der Waals surface area contributed by atoms with Crippen molar-refractivity contribution >= 4 is 205 Å². The summed E-state index contributed by atoms with van der Waals surface area (Å²) in [4.78, 5) is 0. The highest BCUT2D eigenvalue weighted by Gasteiger charge is 2.21. The molecule has 29 aromatic carbocycles. The van der Waals surface area contributed by atoms with Gasteiger partial charge in [0.1, 0.15) is 0 Å². The Balaban J connectivity index is 0.0000000841. The summed E-state index contributed by atoms with van der Waals surface area (Å²) in [5, 5.41) is 50.8. The quantitative estimate of drug-likeness (QED) is 0.105. The second-order valence-corrected chi connectivity index (χ2v) is 35.1. The van der Waals surface area contributed by atoms with E-state index in [1.807, 2.05) is 0 Å². The SMILES string of the molecule is c1cc2ccc3cccc4ccc(c1)c2c34.c1ccc2c(c1)-c1cccc3cccc-2c13.c1ccc2c(c1)Cc1ccccc1-2.c1ccc2c(c1)cc1ccc3cccc4ccc2c1c34.c1ccc2c(c1)ccc1c3ccccc3ccc21.c1ccc2c(c1)ccc1cc3c(ccc4ccccc43)cc12.c1ccc2c(c1)ccc1ccccc12.c1ccc2cc3ccccc3cc2c1. The second kappa shape index (κ2) is 34.5. The van der Waals surface area contributed by atoms with Crippen molar-refractivity contribution in [2.45, 2.75) is 6.42 Å². The molecule has 0 radical (unpaired) electrons. The predicted molar refractivity (Wildman–Crippen MR) is 579 cm³/mol. The molecule has 0 nitrogen and oxygen atoms in total. The van der Waals surface area contributed by atoms with E-state index < -0.39 is 0 Å². The molecule has 31 rings (SSSR count). The van der Waals surface area contributed by atoms with Crippen molar-refractivity contribution in [3.05, 3.63) is 533 Å². The highest BCUT2D eigenvalue weighted by molar-refractivity contribution is 6.30. The van der Waals surface area contributed by atoms with Crippen LogP contribution in [0.1, 0.15) is 11.1 Å². The highest BCUT2D eigenvalue weighted by Crippen LogP contribution is 2.48. The molecule has 0 atom stereocenters. The van der Waals surface area contributed by atoms with E-state index in [9.17, 15) is 0 Å². The van der Waals surface area contributed by atoms with Gasteiger partial charge in [0.25, 0.3) is 0 Å². The number of benzene rings is 29. The van der Waals surface area contributed by atoms with E-state index in [0.29, 0.717) is 0 Å². The van der Waals surface area contributed by atoms with Crippen molar-refractivity contribution in [3.63, 3.8) is 0 Å². The third-order valence-corrected chi connectivity index (χ3v) is 27.4. The number of hydrogen-bond donors (Lipinski definition) is 0. The van der Waals surface area contributed by atoms with Crippen molar-refractivity contribution in [2.75, 3.05) is 0 Å². The minimum absolute atomic E-state index is 1.10. The number of hydrogen-bond acceptors (Lipinski definition) is 0. The molecule has 0 aromatic heterocycles. The van der Waals surface area contributed by atoms with Crippen LogP contribution in [-0.4, -0.2) is 0 Å². The molecular formula is C133H88. The van der Waals surface area contributed by atoms with Gasteiger partial charge in [-0.15, -0.1) is 0 Å². The van der Waals surface area contributed by atoms with Crippen LogP contribution in [0.4, 0.5) is 0 Å². The Hall–Kier alpha value is -17.2. The van der Waals surface area contributed by atoms with E-state index in [0.717, 1.165) is 6.42 Å². The highest BCUT2D eigenvalue weighted by atomic mass is 14.2. The lowest BCUT2D eigenvalue weighted by atomic mass is 9.91. The second-order valence-electron chi connectivity index (χ2n) is 35.1. The van der Waals surface area contributed by atoms with Crippen molar-refractivity contribution in [1.29, 1.82) is 0 Å². The van der Waals surface area contributed by atoms with Crippen molar-refractivity contribution in [1.82, 2.24) is 0 Å². The zero-order chi connectivity index (χ0) is 88.1. The first kappa shape index (κ1) is 79.3. The minimum Gasteiger partial charge on any atom is -0.0619 e. The van der Waals surface area contributed by atoms with E-state index in [4.69, 9.17) is 0 Å². The van der Waals surface area contributed by atoms with Crippen molar-refractivity contribution in [2.24, 2.45) is 0 Å². The zero-order valence-electron chi connectivity index (χ0n) is 73.4. The molecule has 0 saturated carbocycles. The average molecular weight is 1690 g/mol. The molecule has 133 heavy (non-hydrogen) atoms. The van der Waals surface area contributed by atoms with E-state index in [1.165, 1.54) is 249 Å². The summed E-state index contributed by atoms with van der Waals surface area (Å²) in [6, 6.07) is 187. The summed E-state index contributed by atoms with van der Waals surface area (Å²) in [5.74, 6) is 0. The van der Waals surface area contributed by atoms with Crippen molar-refractivity contribution in [3.8, 4) is 33.4 Å². The van der Waals surface area contributed by atoms with E-state index in [2.05, 4.69) is 522 Å². The van der Waals surface area contributed by atoms with Gasteiger partial charge in [-0.3, -0.25) is 0 Å². The van der Waals surface area contributed by atoms with Crippen LogP contribution in [0.15, 0.2) is 522 Å². The molecule has 0 spiro atoms. The van der Waals surface area contributed by atoms with Gasteiger partial charge in [0.05, 0.1) is 0 Å². The Kier molecular flexibility index (Phi) is 20.5. The van der Waals surface area contributed by atoms with Gasteiger partial charge in [-0.25, -0.2) is 0 Å². The zero-order valence-corrected chi connectivity index (χ0v) is 73.4. The predicted octanol–water partition coefficient (Wildman–Crippen LogP) is 37.5. The molecule has 0 N–H and O–H groups in total. The lowest BCUT2D eigenvalue weighted by molar-refractivity contribution is 1.26. The van der Waals surface area contributed by atoms with Gasteiger partial charge in [0, 0.05) is 0 Å². The summed E-state index contributed by atoms with van der Waals surface area (Å²) in [7, 11) is 0. The Morgan fingerprint density at radius 1 is 0.0902 bits per heavy atom. The van der Waals surface area contributed by atoms with Crippen LogP contribution in [0.2, 0.25) is 0 Å². The van der Waals surface area contributed by atoms with E-state index >= 15 is 0 Å². The maximum atomic E-state index is 2.33. The molecule has 0 saturated heterocycles. The molecule has 0 bridgehead atoms.